The van der Waals surface area contributed by atoms with E-state index in [0.29, 0.717) is 5.69 Å². The fraction of sp³-hybridized carbons (Fsp3) is 0.0588. The molecule has 0 saturated heterocycles. The lowest BCUT2D eigenvalue weighted by Gasteiger charge is -2.14. The largest absolute Gasteiger partial charge is 0.399 e. The molecule has 4 nitrogen and oxygen atoms in total. The molecule has 0 atom stereocenters. The number of carbonyl (C=O) groups is 2. The first-order valence-electron chi connectivity index (χ1n) is 6.63. The third-order valence-electron chi connectivity index (χ3n) is 3.39. The second-order valence-electron chi connectivity index (χ2n) is 4.93. The second kappa shape index (κ2) is 5.25. The minimum Gasteiger partial charge on any atom is -0.399 e. The Labute approximate surface area is 122 Å². The van der Waals surface area contributed by atoms with E-state index in [1.165, 1.54) is 12.2 Å². The molecule has 0 aliphatic carbocycles. The van der Waals surface area contributed by atoms with Gasteiger partial charge in [-0.3, -0.25) is 9.59 Å². The highest BCUT2D eigenvalue weighted by Gasteiger charge is 2.24. The molecule has 2 N–H and O–H groups in total. The van der Waals surface area contributed by atoms with E-state index in [4.69, 9.17) is 5.73 Å². The fourth-order valence-corrected chi connectivity index (χ4v) is 2.29. The van der Waals surface area contributed by atoms with Gasteiger partial charge in [0, 0.05) is 17.8 Å². The van der Waals surface area contributed by atoms with Crippen LogP contribution >= 0.6 is 0 Å². The predicted molar refractivity (Wildman–Crippen MR) is 81.7 cm³/mol. The molecule has 3 rings (SSSR count). The monoisotopic (exact) mass is 278 g/mol. The molecule has 1 heterocycles. The van der Waals surface area contributed by atoms with Crippen molar-refractivity contribution in [1.29, 1.82) is 0 Å². The van der Waals surface area contributed by atoms with Gasteiger partial charge in [0.05, 0.1) is 5.69 Å². The number of hydrogen-bond acceptors (Lipinski definition) is 3. The highest BCUT2D eigenvalue weighted by atomic mass is 16.2. The molecule has 1 aliphatic heterocycles. The van der Waals surface area contributed by atoms with E-state index in [1.807, 2.05) is 36.4 Å². The van der Waals surface area contributed by atoms with E-state index in [9.17, 15) is 9.59 Å². The van der Waals surface area contributed by atoms with Crippen LogP contribution in [0.2, 0.25) is 0 Å². The number of imide groups is 1. The van der Waals surface area contributed by atoms with Gasteiger partial charge in [0.15, 0.2) is 0 Å². The number of rotatable bonds is 3. The van der Waals surface area contributed by atoms with Crippen LogP contribution in [0.3, 0.4) is 0 Å². The number of hydrogen-bond donors (Lipinski definition) is 1. The Kier molecular flexibility index (Phi) is 3.28. The van der Waals surface area contributed by atoms with E-state index in [1.54, 1.807) is 12.1 Å². The number of anilines is 2. The Morgan fingerprint density at radius 1 is 0.762 bits per heavy atom. The summed E-state index contributed by atoms with van der Waals surface area (Å²) >= 11 is 0. The Hall–Kier alpha value is -2.88. The molecule has 21 heavy (non-hydrogen) atoms. The summed E-state index contributed by atoms with van der Waals surface area (Å²) in [5.74, 6) is -0.599. The van der Waals surface area contributed by atoms with Crippen LogP contribution in [-0.4, -0.2) is 11.8 Å². The molecule has 0 radical (unpaired) electrons. The van der Waals surface area contributed by atoms with Crippen LogP contribution in [0, 0.1) is 0 Å². The average Bonchev–Trinajstić information content (AvgIpc) is 2.82. The van der Waals surface area contributed by atoms with Gasteiger partial charge in [-0.05, 0) is 41.8 Å². The highest BCUT2D eigenvalue weighted by molar-refractivity contribution is 6.28. The van der Waals surface area contributed by atoms with Crippen molar-refractivity contribution < 1.29 is 9.59 Å². The number of carbonyl (C=O) groups excluding carboxylic acids is 2. The highest BCUT2D eigenvalue weighted by Crippen LogP contribution is 2.20. The zero-order chi connectivity index (χ0) is 14.8. The first-order chi connectivity index (χ1) is 10.1. The van der Waals surface area contributed by atoms with Crippen LogP contribution < -0.4 is 10.6 Å². The van der Waals surface area contributed by atoms with E-state index in [0.717, 1.165) is 28.1 Å². The first-order valence-corrected chi connectivity index (χ1v) is 6.63. The molecule has 1 aliphatic rings. The van der Waals surface area contributed by atoms with Crippen molar-refractivity contribution in [3.8, 4) is 0 Å². The van der Waals surface area contributed by atoms with Crippen LogP contribution in [-0.2, 0) is 16.0 Å². The number of benzene rings is 2. The van der Waals surface area contributed by atoms with Crippen LogP contribution in [0.4, 0.5) is 11.4 Å². The van der Waals surface area contributed by atoms with Crippen molar-refractivity contribution in [3.63, 3.8) is 0 Å². The molecular weight excluding hydrogens is 264 g/mol. The minimum atomic E-state index is -0.300. The van der Waals surface area contributed by atoms with Crippen LogP contribution in [0.15, 0.2) is 60.7 Å². The lowest BCUT2D eigenvalue weighted by Crippen LogP contribution is -2.29. The molecule has 104 valence electrons. The molecular formula is C17H14N2O2. The van der Waals surface area contributed by atoms with Crippen molar-refractivity contribution >= 4 is 23.2 Å². The summed E-state index contributed by atoms with van der Waals surface area (Å²) in [7, 11) is 0. The van der Waals surface area contributed by atoms with Crippen molar-refractivity contribution in [1.82, 2.24) is 0 Å². The van der Waals surface area contributed by atoms with Crippen LogP contribution in [0.5, 0.6) is 0 Å². The van der Waals surface area contributed by atoms with Gasteiger partial charge in [0.1, 0.15) is 0 Å². The Bertz CT molecular complexity index is 697. The van der Waals surface area contributed by atoms with Gasteiger partial charge in [0.25, 0.3) is 11.8 Å². The summed E-state index contributed by atoms with van der Waals surface area (Å²) in [5, 5.41) is 0. The zero-order valence-electron chi connectivity index (χ0n) is 11.3. The van der Waals surface area contributed by atoms with Crippen LogP contribution in [0.1, 0.15) is 11.1 Å². The van der Waals surface area contributed by atoms with Gasteiger partial charge in [-0.15, -0.1) is 0 Å². The topological polar surface area (TPSA) is 63.4 Å². The maximum Gasteiger partial charge on any atom is 0.258 e. The fourth-order valence-electron chi connectivity index (χ4n) is 2.29. The number of nitrogens with two attached hydrogens (primary N) is 1. The summed E-state index contributed by atoms with van der Waals surface area (Å²) in [6.07, 6.45) is 3.34. The van der Waals surface area contributed by atoms with E-state index in [2.05, 4.69) is 0 Å². The van der Waals surface area contributed by atoms with Crippen molar-refractivity contribution in [2.45, 2.75) is 6.42 Å². The van der Waals surface area contributed by atoms with Crippen molar-refractivity contribution in [2.75, 3.05) is 10.6 Å². The quantitative estimate of drug-likeness (QED) is 0.692. The van der Waals surface area contributed by atoms with Gasteiger partial charge in [-0.2, -0.15) is 0 Å². The SMILES string of the molecule is Nc1ccc(Cc2ccc(N3C(=O)C=CC3=O)cc2)cc1. The third kappa shape index (κ3) is 2.69. The number of amides is 2. The lowest BCUT2D eigenvalue weighted by molar-refractivity contribution is -0.119. The van der Waals surface area contributed by atoms with Crippen LogP contribution in [0.25, 0.3) is 0 Å². The molecule has 0 aromatic heterocycles. The Balaban J connectivity index is 1.77. The summed E-state index contributed by atoms with van der Waals surface area (Å²) in [6.45, 7) is 0. The third-order valence-corrected chi connectivity index (χ3v) is 3.39. The maximum atomic E-state index is 11.6. The number of nitrogens with zero attached hydrogens (tertiary/aromatic N) is 1. The molecule has 0 unspecified atom stereocenters. The Morgan fingerprint density at radius 2 is 1.24 bits per heavy atom. The predicted octanol–water partition coefficient (Wildman–Crippen LogP) is 2.29. The molecule has 4 heteroatoms. The summed E-state index contributed by atoms with van der Waals surface area (Å²) in [6, 6.07) is 15.1. The smallest absolute Gasteiger partial charge is 0.258 e. The first kappa shape index (κ1) is 13.1. The zero-order valence-corrected chi connectivity index (χ0v) is 11.3. The van der Waals surface area contributed by atoms with Gasteiger partial charge in [-0.1, -0.05) is 24.3 Å². The maximum absolute atomic E-state index is 11.6. The Morgan fingerprint density at radius 3 is 1.76 bits per heavy atom. The van der Waals surface area contributed by atoms with E-state index >= 15 is 0 Å². The molecule has 2 aromatic rings. The summed E-state index contributed by atoms with van der Waals surface area (Å²) < 4.78 is 0. The summed E-state index contributed by atoms with van der Waals surface area (Å²) in [5.41, 5.74) is 9.26. The summed E-state index contributed by atoms with van der Waals surface area (Å²) in [4.78, 5) is 24.4. The van der Waals surface area contributed by atoms with Crippen molar-refractivity contribution in [3.05, 3.63) is 71.8 Å². The standard InChI is InChI=1S/C17H14N2O2/c18-14-5-1-12(2-6-14)11-13-3-7-15(8-4-13)19-16(20)9-10-17(19)21/h1-10H,11,18H2. The normalized spacial score (nSPS) is 14.0. The average molecular weight is 278 g/mol. The minimum absolute atomic E-state index is 0.300. The number of nitrogen functional groups attached to an aromatic ring is 1. The van der Waals surface area contributed by atoms with Gasteiger partial charge >= 0.3 is 0 Å². The molecule has 0 spiro atoms. The lowest BCUT2D eigenvalue weighted by atomic mass is 10.0. The molecule has 2 aromatic carbocycles. The van der Waals surface area contributed by atoms with E-state index in [-0.39, 0.29) is 11.8 Å². The molecule has 0 fully saturated rings. The van der Waals surface area contributed by atoms with Gasteiger partial charge < -0.3 is 5.73 Å². The molecule has 0 saturated carbocycles. The second-order valence-corrected chi connectivity index (χ2v) is 4.93. The van der Waals surface area contributed by atoms with Gasteiger partial charge in [-0.25, -0.2) is 4.90 Å². The van der Waals surface area contributed by atoms with Gasteiger partial charge in [0.2, 0.25) is 0 Å². The van der Waals surface area contributed by atoms with E-state index < -0.39 is 0 Å². The van der Waals surface area contributed by atoms with Crippen molar-refractivity contribution in [2.24, 2.45) is 0 Å². The molecule has 2 amide bonds. The molecule has 0 bridgehead atoms.